The van der Waals surface area contributed by atoms with Gasteiger partial charge in [0.2, 0.25) is 0 Å². The Labute approximate surface area is 139 Å². The molecule has 1 amide bonds. The number of thiazole rings is 1. The second-order valence-corrected chi connectivity index (χ2v) is 7.26. The molecule has 3 aromatic rings. The Hall–Kier alpha value is -2.12. The second-order valence-electron chi connectivity index (χ2n) is 4.94. The number of carbonyl (C=O) groups excluding carboxylic acids is 1. The zero-order valence-corrected chi connectivity index (χ0v) is 13.9. The number of aromatic nitrogens is 1. The van der Waals surface area contributed by atoms with Gasteiger partial charge in [-0.2, -0.15) is 0 Å². The zero-order valence-electron chi connectivity index (χ0n) is 12.3. The molecule has 0 spiro atoms. The predicted molar refractivity (Wildman–Crippen MR) is 89.2 cm³/mol. The zero-order chi connectivity index (χ0) is 16.6. The number of hydrogen-bond acceptors (Lipinski definition) is 4. The lowest BCUT2D eigenvalue weighted by Crippen LogP contribution is -2.11. The third-order valence-electron chi connectivity index (χ3n) is 3.21. The number of thiophene rings is 1. The number of halogens is 2. The van der Waals surface area contributed by atoms with E-state index in [4.69, 9.17) is 0 Å². The van der Waals surface area contributed by atoms with Gasteiger partial charge in [-0.15, -0.1) is 22.7 Å². The highest BCUT2D eigenvalue weighted by atomic mass is 32.1. The first-order valence-corrected chi connectivity index (χ1v) is 8.43. The van der Waals surface area contributed by atoms with Gasteiger partial charge in [0, 0.05) is 20.7 Å². The Bertz CT molecular complexity index is 886. The molecule has 23 heavy (non-hydrogen) atoms. The van der Waals surface area contributed by atoms with Crippen LogP contribution < -0.4 is 5.32 Å². The number of nitrogens with zero attached hydrogens (tertiary/aromatic N) is 1. The standard InChI is InChI=1S/C16H12F2N2OS2/c1-8-5-11(9(2)23-8)15(21)20-16-19-14(7-22-16)12-6-10(17)3-4-13(12)18/h3-7H,1-2H3,(H,19,20,21). The van der Waals surface area contributed by atoms with Crippen molar-refractivity contribution < 1.29 is 13.6 Å². The summed E-state index contributed by atoms with van der Waals surface area (Å²) in [5.41, 5.74) is 0.964. The largest absolute Gasteiger partial charge is 0.298 e. The van der Waals surface area contributed by atoms with Crippen LogP contribution in [-0.2, 0) is 0 Å². The third-order valence-corrected chi connectivity index (χ3v) is 4.94. The van der Waals surface area contributed by atoms with Crippen molar-refractivity contribution in [3.63, 3.8) is 0 Å². The summed E-state index contributed by atoms with van der Waals surface area (Å²) in [5.74, 6) is -1.35. The fraction of sp³-hybridized carbons (Fsp3) is 0.125. The first-order chi connectivity index (χ1) is 10.9. The minimum atomic E-state index is -0.557. The lowest BCUT2D eigenvalue weighted by atomic mass is 10.1. The Morgan fingerprint density at radius 1 is 1.22 bits per heavy atom. The molecule has 7 heteroatoms. The molecule has 1 aromatic carbocycles. The molecule has 0 saturated carbocycles. The van der Waals surface area contributed by atoms with E-state index in [9.17, 15) is 13.6 Å². The molecule has 0 bridgehead atoms. The quantitative estimate of drug-likeness (QED) is 0.721. The number of nitrogens with one attached hydrogen (secondary N) is 1. The molecule has 3 rings (SSSR count). The van der Waals surface area contributed by atoms with Crippen LogP contribution in [0.5, 0.6) is 0 Å². The van der Waals surface area contributed by atoms with Gasteiger partial charge < -0.3 is 0 Å². The number of anilines is 1. The molecule has 0 saturated heterocycles. The van der Waals surface area contributed by atoms with E-state index in [0.717, 1.165) is 28.0 Å². The Kier molecular flexibility index (Phi) is 4.23. The van der Waals surface area contributed by atoms with Crippen molar-refractivity contribution in [3.8, 4) is 11.3 Å². The SMILES string of the molecule is Cc1cc(C(=O)Nc2nc(-c3cc(F)ccc3F)cs2)c(C)s1. The maximum Gasteiger partial charge on any atom is 0.258 e. The summed E-state index contributed by atoms with van der Waals surface area (Å²) in [4.78, 5) is 18.4. The molecular weight excluding hydrogens is 338 g/mol. The van der Waals surface area contributed by atoms with Gasteiger partial charge in [-0.05, 0) is 38.1 Å². The smallest absolute Gasteiger partial charge is 0.258 e. The minimum absolute atomic E-state index is 0.0734. The summed E-state index contributed by atoms with van der Waals surface area (Å²) in [7, 11) is 0. The molecule has 0 unspecified atom stereocenters. The van der Waals surface area contributed by atoms with Gasteiger partial charge in [-0.3, -0.25) is 10.1 Å². The van der Waals surface area contributed by atoms with Gasteiger partial charge in [0.05, 0.1) is 11.3 Å². The van der Waals surface area contributed by atoms with Crippen LogP contribution in [0, 0.1) is 25.5 Å². The highest BCUT2D eigenvalue weighted by molar-refractivity contribution is 7.14. The van der Waals surface area contributed by atoms with Crippen LogP contribution in [0.1, 0.15) is 20.1 Å². The normalized spacial score (nSPS) is 10.8. The molecule has 2 heterocycles. The van der Waals surface area contributed by atoms with Crippen LogP contribution >= 0.6 is 22.7 Å². The van der Waals surface area contributed by atoms with E-state index in [1.54, 1.807) is 16.7 Å². The van der Waals surface area contributed by atoms with Crippen LogP contribution in [0.3, 0.4) is 0 Å². The van der Waals surface area contributed by atoms with Gasteiger partial charge >= 0.3 is 0 Å². The lowest BCUT2D eigenvalue weighted by molar-refractivity contribution is 0.102. The van der Waals surface area contributed by atoms with Crippen molar-refractivity contribution in [1.29, 1.82) is 0 Å². The summed E-state index contributed by atoms with van der Waals surface area (Å²) < 4.78 is 27.0. The summed E-state index contributed by atoms with van der Waals surface area (Å²) in [6.45, 7) is 3.81. The first-order valence-electron chi connectivity index (χ1n) is 6.73. The van der Waals surface area contributed by atoms with Crippen LogP contribution in [-0.4, -0.2) is 10.9 Å². The Morgan fingerprint density at radius 3 is 2.70 bits per heavy atom. The highest BCUT2D eigenvalue weighted by Crippen LogP contribution is 2.28. The van der Waals surface area contributed by atoms with E-state index in [0.29, 0.717) is 16.4 Å². The predicted octanol–water partition coefficient (Wildman–Crippen LogP) is 5.02. The maximum absolute atomic E-state index is 13.8. The van der Waals surface area contributed by atoms with E-state index in [1.807, 2.05) is 19.9 Å². The van der Waals surface area contributed by atoms with E-state index >= 15 is 0 Å². The number of carbonyl (C=O) groups is 1. The van der Waals surface area contributed by atoms with Gasteiger partial charge in [0.1, 0.15) is 11.6 Å². The van der Waals surface area contributed by atoms with Crippen LogP contribution in [0.25, 0.3) is 11.3 Å². The number of benzene rings is 1. The fourth-order valence-electron chi connectivity index (χ4n) is 2.17. The molecule has 2 aromatic heterocycles. The first kappa shape index (κ1) is 15.8. The molecule has 0 aliphatic carbocycles. The number of hydrogen-bond donors (Lipinski definition) is 1. The van der Waals surface area contributed by atoms with Gasteiger partial charge in [0.25, 0.3) is 5.91 Å². The monoisotopic (exact) mass is 350 g/mol. The second kappa shape index (κ2) is 6.17. The van der Waals surface area contributed by atoms with Gasteiger partial charge in [-0.1, -0.05) is 0 Å². The van der Waals surface area contributed by atoms with Crippen molar-refractivity contribution in [3.05, 3.63) is 56.6 Å². The summed E-state index contributed by atoms with van der Waals surface area (Å²) >= 11 is 2.71. The van der Waals surface area contributed by atoms with Crippen molar-refractivity contribution in [2.24, 2.45) is 0 Å². The highest BCUT2D eigenvalue weighted by Gasteiger charge is 2.15. The Morgan fingerprint density at radius 2 is 2.00 bits per heavy atom. The summed E-state index contributed by atoms with van der Waals surface area (Å²) in [6, 6.07) is 5.01. The molecule has 0 aliphatic rings. The topological polar surface area (TPSA) is 42.0 Å². The van der Waals surface area contributed by atoms with Crippen LogP contribution in [0.15, 0.2) is 29.6 Å². The Balaban J connectivity index is 1.84. The van der Waals surface area contributed by atoms with Crippen molar-refractivity contribution >= 4 is 33.7 Å². The van der Waals surface area contributed by atoms with Crippen LogP contribution in [0.4, 0.5) is 13.9 Å². The maximum atomic E-state index is 13.8. The van der Waals surface area contributed by atoms with Gasteiger partial charge in [-0.25, -0.2) is 13.8 Å². The number of aryl methyl sites for hydroxylation is 2. The van der Waals surface area contributed by atoms with Crippen molar-refractivity contribution in [2.75, 3.05) is 5.32 Å². The number of rotatable bonds is 3. The average molecular weight is 350 g/mol. The third kappa shape index (κ3) is 3.30. The summed E-state index contributed by atoms with van der Waals surface area (Å²) in [6.07, 6.45) is 0. The minimum Gasteiger partial charge on any atom is -0.298 e. The number of amides is 1. The van der Waals surface area contributed by atoms with E-state index in [-0.39, 0.29) is 11.5 Å². The molecule has 0 fully saturated rings. The molecule has 118 valence electrons. The van der Waals surface area contributed by atoms with Crippen molar-refractivity contribution in [1.82, 2.24) is 4.98 Å². The molecular formula is C16H12F2N2OS2. The van der Waals surface area contributed by atoms with E-state index < -0.39 is 11.6 Å². The molecule has 0 atom stereocenters. The fourth-order valence-corrected chi connectivity index (χ4v) is 3.80. The lowest BCUT2D eigenvalue weighted by Gasteiger charge is -2.01. The van der Waals surface area contributed by atoms with Crippen LogP contribution in [0.2, 0.25) is 0 Å². The van der Waals surface area contributed by atoms with E-state index in [2.05, 4.69) is 10.3 Å². The van der Waals surface area contributed by atoms with Gasteiger partial charge in [0.15, 0.2) is 5.13 Å². The molecule has 1 N–H and O–H groups in total. The molecule has 0 radical (unpaired) electrons. The average Bonchev–Trinajstić information content (AvgIpc) is 3.08. The van der Waals surface area contributed by atoms with Crippen molar-refractivity contribution in [2.45, 2.75) is 13.8 Å². The van der Waals surface area contributed by atoms with E-state index in [1.165, 1.54) is 11.3 Å². The summed E-state index contributed by atoms with van der Waals surface area (Å²) in [5, 5.41) is 4.62. The molecule has 0 aliphatic heterocycles. The molecule has 3 nitrogen and oxygen atoms in total.